The van der Waals surface area contributed by atoms with Gasteiger partial charge in [0.05, 0.1) is 6.10 Å². The van der Waals surface area contributed by atoms with Crippen LogP contribution in [0.1, 0.15) is 59.1 Å². The second kappa shape index (κ2) is 11.4. The lowest BCUT2D eigenvalue weighted by atomic mass is 10.2. The van der Waals surface area contributed by atoms with Crippen molar-refractivity contribution in [3.8, 4) is 0 Å². The molecule has 2 aliphatic rings. The van der Waals surface area contributed by atoms with E-state index in [9.17, 15) is 18.8 Å². The number of nitrogens with zero attached hydrogens (tertiary/aromatic N) is 4. The first-order valence-electron chi connectivity index (χ1n) is 12.2. The summed E-state index contributed by atoms with van der Waals surface area (Å²) in [5.74, 6) is -0.968. The van der Waals surface area contributed by atoms with Gasteiger partial charge in [-0.15, -0.1) is 0 Å². The third-order valence-corrected chi connectivity index (χ3v) is 6.42. The number of carbonyl (C=O) groups excluding carboxylic acids is 3. The Kier molecular flexibility index (Phi) is 8.12. The van der Waals surface area contributed by atoms with E-state index in [2.05, 4.69) is 10.4 Å². The molecular weight excluding hydrogens is 453 g/mol. The van der Waals surface area contributed by atoms with E-state index in [1.54, 1.807) is 26.6 Å². The number of fused-ring (bicyclic) bond motifs is 1. The van der Waals surface area contributed by atoms with E-state index in [4.69, 9.17) is 4.74 Å². The van der Waals surface area contributed by atoms with Gasteiger partial charge in [0.25, 0.3) is 11.8 Å². The molecule has 1 aromatic heterocycles. The molecule has 1 fully saturated rings. The monoisotopic (exact) mass is 485 g/mol. The average Bonchev–Trinajstić information content (AvgIpc) is 3.51. The van der Waals surface area contributed by atoms with Crippen LogP contribution in [0.4, 0.5) is 4.39 Å². The number of amides is 3. The second-order valence-electron chi connectivity index (χ2n) is 8.92. The largest absolute Gasteiger partial charge is 0.376 e. The van der Waals surface area contributed by atoms with Crippen molar-refractivity contribution in [2.24, 2.45) is 0 Å². The van der Waals surface area contributed by atoms with Crippen molar-refractivity contribution in [1.29, 1.82) is 0 Å². The van der Waals surface area contributed by atoms with E-state index in [0.29, 0.717) is 44.8 Å². The van der Waals surface area contributed by atoms with Crippen molar-refractivity contribution in [3.63, 3.8) is 0 Å². The molecule has 188 valence electrons. The van der Waals surface area contributed by atoms with Crippen molar-refractivity contribution in [2.45, 2.75) is 51.8 Å². The maximum Gasteiger partial charge on any atom is 0.274 e. The lowest BCUT2D eigenvalue weighted by Crippen LogP contribution is -2.37. The standard InChI is InChI=1S/C25H32FN5O4/c1-2-29(13-10-23(32)27-16-20-5-3-14-35-20)24(33)21-15-22-25(34)30(11-4-12-31(22)28-21)17-18-6-8-19(26)9-7-18/h6-9,15,20H,2-5,10-14,16-17H2,1H3,(H,27,32)/t20-/m0/s1. The maximum absolute atomic E-state index is 13.2. The molecule has 9 nitrogen and oxygen atoms in total. The van der Waals surface area contributed by atoms with Gasteiger partial charge in [-0.05, 0) is 43.9 Å². The molecule has 35 heavy (non-hydrogen) atoms. The van der Waals surface area contributed by atoms with E-state index >= 15 is 0 Å². The normalized spacial score (nSPS) is 17.7. The van der Waals surface area contributed by atoms with Crippen LogP contribution in [0.25, 0.3) is 0 Å². The van der Waals surface area contributed by atoms with Crippen LogP contribution < -0.4 is 5.32 Å². The van der Waals surface area contributed by atoms with Crippen molar-refractivity contribution >= 4 is 17.7 Å². The van der Waals surface area contributed by atoms with Crippen molar-refractivity contribution in [1.82, 2.24) is 24.9 Å². The molecule has 4 rings (SSSR count). The van der Waals surface area contributed by atoms with Gasteiger partial charge < -0.3 is 19.9 Å². The second-order valence-corrected chi connectivity index (χ2v) is 8.92. The summed E-state index contributed by atoms with van der Waals surface area (Å²) in [6.07, 6.45) is 2.91. The lowest BCUT2D eigenvalue weighted by molar-refractivity contribution is -0.121. The summed E-state index contributed by atoms with van der Waals surface area (Å²) in [4.78, 5) is 41.8. The molecule has 0 aliphatic carbocycles. The molecule has 0 saturated carbocycles. The predicted octanol–water partition coefficient (Wildman–Crippen LogP) is 2.22. The molecule has 2 aromatic rings. The van der Waals surface area contributed by atoms with E-state index < -0.39 is 0 Å². The lowest BCUT2D eigenvalue weighted by Gasteiger charge is -2.20. The number of aryl methyl sites for hydroxylation is 1. The van der Waals surface area contributed by atoms with Crippen molar-refractivity contribution in [2.75, 3.05) is 32.8 Å². The molecule has 1 N–H and O–H groups in total. The van der Waals surface area contributed by atoms with Gasteiger partial charge in [0.1, 0.15) is 11.5 Å². The molecule has 1 atom stereocenters. The van der Waals surface area contributed by atoms with Gasteiger partial charge in [-0.3, -0.25) is 19.1 Å². The van der Waals surface area contributed by atoms with Crippen LogP contribution >= 0.6 is 0 Å². The molecule has 3 heterocycles. The number of nitrogens with one attached hydrogen (secondary N) is 1. The minimum atomic E-state index is -0.321. The SMILES string of the molecule is CCN(CCC(=O)NC[C@@H]1CCCO1)C(=O)c1cc2n(n1)CCCN(Cc1ccc(F)cc1)C2=O. The highest BCUT2D eigenvalue weighted by molar-refractivity contribution is 5.98. The number of hydrogen-bond donors (Lipinski definition) is 1. The summed E-state index contributed by atoms with van der Waals surface area (Å²) in [5.41, 5.74) is 1.39. The average molecular weight is 486 g/mol. The van der Waals surface area contributed by atoms with Crippen LogP contribution in [0.2, 0.25) is 0 Å². The highest BCUT2D eigenvalue weighted by Crippen LogP contribution is 2.18. The van der Waals surface area contributed by atoms with E-state index in [0.717, 1.165) is 25.0 Å². The van der Waals surface area contributed by atoms with E-state index in [1.165, 1.54) is 18.2 Å². The molecule has 3 amide bonds. The fraction of sp³-hybridized carbons (Fsp3) is 0.520. The fourth-order valence-corrected chi connectivity index (χ4v) is 4.42. The van der Waals surface area contributed by atoms with Crippen LogP contribution in [-0.2, 0) is 22.6 Å². The summed E-state index contributed by atoms with van der Waals surface area (Å²) in [5, 5.41) is 7.28. The number of ether oxygens (including phenoxy) is 1. The first-order chi connectivity index (χ1) is 16.9. The number of rotatable bonds is 9. The van der Waals surface area contributed by atoms with Crippen LogP contribution in [0.3, 0.4) is 0 Å². The molecule has 1 aromatic carbocycles. The number of halogens is 1. The van der Waals surface area contributed by atoms with Crippen molar-refractivity contribution < 1.29 is 23.5 Å². The summed E-state index contributed by atoms with van der Waals surface area (Å²) in [6.45, 7) is 5.18. The molecule has 0 bridgehead atoms. The summed E-state index contributed by atoms with van der Waals surface area (Å²) in [7, 11) is 0. The minimum absolute atomic E-state index is 0.0731. The van der Waals surface area contributed by atoms with Gasteiger partial charge in [0, 0.05) is 58.4 Å². The molecular formula is C25H32FN5O4. The third kappa shape index (κ3) is 6.25. The Morgan fingerprint density at radius 1 is 1.23 bits per heavy atom. The fourth-order valence-electron chi connectivity index (χ4n) is 4.42. The van der Waals surface area contributed by atoms with Gasteiger partial charge in [0.15, 0.2) is 5.69 Å². The van der Waals surface area contributed by atoms with Gasteiger partial charge in [0.2, 0.25) is 5.91 Å². The number of carbonyl (C=O) groups is 3. The Balaban J connectivity index is 1.36. The van der Waals surface area contributed by atoms with Gasteiger partial charge in [-0.1, -0.05) is 12.1 Å². The molecule has 10 heteroatoms. The highest BCUT2D eigenvalue weighted by Gasteiger charge is 2.28. The number of aromatic nitrogens is 2. The number of hydrogen-bond acceptors (Lipinski definition) is 5. The molecule has 0 radical (unpaired) electrons. The van der Waals surface area contributed by atoms with Crippen molar-refractivity contribution in [3.05, 3.63) is 53.1 Å². The van der Waals surface area contributed by atoms with Gasteiger partial charge >= 0.3 is 0 Å². The maximum atomic E-state index is 13.2. The van der Waals surface area contributed by atoms with E-state index in [-0.39, 0.29) is 48.3 Å². The summed E-state index contributed by atoms with van der Waals surface area (Å²) >= 11 is 0. The predicted molar refractivity (Wildman–Crippen MR) is 126 cm³/mol. The Morgan fingerprint density at radius 3 is 2.74 bits per heavy atom. The first-order valence-corrected chi connectivity index (χ1v) is 12.2. The topological polar surface area (TPSA) is 96.8 Å². The zero-order valence-electron chi connectivity index (χ0n) is 20.0. The third-order valence-electron chi connectivity index (χ3n) is 6.42. The summed E-state index contributed by atoms with van der Waals surface area (Å²) in [6, 6.07) is 7.61. The Morgan fingerprint density at radius 2 is 2.03 bits per heavy atom. The molecule has 2 aliphatic heterocycles. The molecule has 1 saturated heterocycles. The van der Waals surface area contributed by atoms with E-state index in [1.807, 2.05) is 6.92 Å². The minimum Gasteiger partial charge on any atom is -0.376 e. The molecule has 0 spiro atoms. The van der Waals surface area contributed by atoms with Gasteiger partial charge in [-0.25, -0.2) is 4.39 Å². The Bertz CT molecular complexity index is 1050. The quantitative estimate of drug-likeness (QED) is 0.588. The Hall–Kier alpha value is -3.27. The first kappa shape index (κ1) is 24.8. The van der Waals surface area contributed by atoms with Crippen LogP contribution in [-0.4, -0.2) is 76.2 Å². The van der Waals surface area contributed by atoms with Crippen LogP contribution in [0, 0.1) is 5.82 Å². The van der Waals surface area contributed by atoms with Crippen LogP contribution in [0.15, 0.2) is 30.3 Å². The highest BCUT2D eigenvalue weighted by atomic mass is 19.1. The smallest absolute Gasteiger partial charge is 0.274 e. The molecule has 0 unspecified atom stereocenters. The summed E-state index contributed by atoms with van der Waals surface area (Å²) < 4.78 is 20.3. The zero-order valence-corrected chi connectivity index (χ0v) is 20.0. The van der Waals surface area contributed by atoms with Crippen LogP contribution in [0.5, 0.6) is 0 Å². The zero-order chi connectivity index (χ0) is 24.8. The van der Waals surface area contributed by atoms with Gasteiger partial charge in [-0.2, -0.15) is 5.10 Å². The Labute approximate surface area is 204 Å². The number of benzene rings is 1.